The molecule has 3 aliphatic heterocycles. The smallest absolute Gasteiger partial charge is 0.320 e. The van der Waals surface area contributed by atoms with E-state index in [2.05, 4.69) is 23.2 Å². The van der Waals surface area contributed by atoms with Crippen LogP contribution < -0.4 is 5.32 Å². The maximum atomic E-state index is 12.7. The fourth-order valence-electron chi connectivity index (χ4n) is 4.28. The van der Waals surface area contributed by atoms with E-state index < -0.39 is 0 Å². The van der Waals surface area contributed by atoms with E-state index in [0.717, 1.165) is 12.0 Å². The number of urea groups is 1. The van der Waals surface area contributed by atoms with Crippen LogP contribution in [-0.4, -0.2) is 66.7 Å². The summed E-state index contributed by atoms with van der Waals surface area (Å²) in [4.78, 5) is 27.9. The molecular weight excluding hydrogens is 390 g/mol. The Bertz CT molecular complexity index is 898. The summed E-state index contributed by atoms with van der Waals surface area (Å²) in [6.07, 6.45) is 3.28. The molecule has 0 bridgehead atoms. The first kappa shape index (κ1) is 18.8. The molecule has 0 spiro atoms. The zero-order valence-electron chi connectivity index (χ0n) is 16.2. The van der Waals surface area contributed by atoms with Gasteiger partial charge in [-0.3, -0.25) is 4.79 Å². The third-order valence-corrected chi connectivity index (χ3v) is 6.51. The molecule has 1 aromatic carbocycles. The number of fused-ring (bicyclic) bond motifs is 1. The number of amides is 3. The fraction of sp³-hybridized carbons (Fsp3) is 0.545. The molecule has 3 saturated heterocycles. The Morgan fingerprint density at radius 1 is 1.17 bits per heavy atom. The largest absolute Gasteiger partial charge is 0.366 e. The van der Waals surface area contributed by atoms with E-state index in [4.69, 9.17) is 16.3 Å². The van der Waals surface area contributed by atoms with Crippen molar-refractivity contribution in [1.82, 2.24) is 15.1 Å². The summed E-state index contributed by atoms with van der Waals surface area (Å²) in [5.74, 6) is 7.19. The SMILES string of the molecule is O=C1CO[C@H]2CCN(C(=O)N3CC(C#Cc4ccc(C5CC5)cc4Cl)C3)C[C@H]2N1. The summed E-state index contributed by atoms with van der Waals surface area (Å²) in [5.41, 5.74) is 2.17. The van der Waals surface area contributed by atoms with E-state index >= 15 is 0 Å². The minimum atomic E-state index is -0.108. The lowest BCUT2D eigenvalue weighted by atomic mass is 9.98. The summed E-state index contributed by atoms with van der Waals surface area (Å²) >= 11 is 6.38. The number of halogens is 1. The molecule has 6 nitrogen and oxygen atoms in total. The third-order valence-electron chi connectivity index (χ3n) is 6.20. The number of carbonyl (C=O) groups is 2. The topological polar surface area (TPSA) is 61.9 Å². The molecule has 0 unspecified atom stereocenters. The number of hydrogen-bond acceptors (Lipinski definition) is 3. The van der Waals surface area contributed by atoms with Gasteiger partial charge >= 0.3 is 6.03 Å². The Kier molecular flexibility index (Phi) is 4.89. The number of benzene rings is 1. The van der Waals surface area contributed by atoms with Crippen LogP contribution >= 0.6 is 11.6 Å². The molecule has 0 radical (unpaired) electrons. The first-order valence-corrected chi connectivity index (χ1v) is 10.7. The molecule has 2 atom stereocenters. The van der Waals surface area contributed by atoms with Crippen molar-refractivity contribution in [1.29, 1.82) is 0 Å². The molecule has 1 N–H and O–H groups in total. The Hall–Kier alpha value is -2.23. The van der Waals surface area contributed by atoms with E-state index in [1.807, 2.05) is 21.9 Å². The Morgan fingerprint density at radius 3 is 2.76 bits per heavy atom. The van der Waals surface area contributed by atoms with Crippen molar-refractivity contribution >= 4 is 23.5 Å². The quantitative estimate of drug-likeness (QED) is 0.718. The summed E-state index contributed by atoms with van der Waals surface area (Å²) in [5, 5.41) is 3.65. The summed E-state index contributed by atoms with van der Waals surface area (Å²) in [6.45, 7) is 2.56. The molecule has 1 aromatic rings. The lowest BCUT2D eigenvalue weighted by molar-refractivity contribution is -0.139. The number of rotatable bonds is 1. The van der Waals surface area contributed by atoms with Gasteiger partial charge in [-0.15, -0.1) is 0 Å². The first-order chi connectivity index (χ1) is 14.1. The number of ether oxygens (including phenoxy) is 1. The number of nitrogens with zero attached hydrogens (tertiary/aromatic N) is 2. The molecule has 152 valence electrons. The van der Waals surface area contributed by atoms with Crippen LogP contribution in [0.5, 0.6) is 0 Å². The van der Waals surface area contributed by atoms with Crippen LogP contribution in [0.4, 0.5) is 4.79 Å². The van der Waals surface area contributed by atoms with Crippen molar-refractivity contribution < 1.29 is 14.3 Å². The number of hydrogen-bond donors (Lipinski definition) is 1. The van der Waals surface area contributed by atoms with Crippen LogP contribution in [0.2, 0.25) is 5.02 Å². The van der Waals surface area contributed by atoms with Gasteiger partial charge in [-0.25, -0.2) is 4.79 Å². The number of morpholine rings is 1. The molecule has 1 saturated carbocycles. The second kappa shape index (κ2) is 7.55. The second-order valence-corrected chi connectivity index (χ2v) is 8.83. The molecular formula is C22H24ClN3O3. The third kappa shape index (κ3) is 3.94. The molecule has 1 aliphatic carbocycles. The van der Waals surface area contributed by atoms with Crippen molar-refractivity contribution in [3.63, 3.8) is 0 Å². The zero-order chi connectivity index (χ0) is 20.0. The van der Waals surface area contributed by atoms with E-state index in [0.29, 0.717) is 37.1 Å². The van der Waals surface area contributed by atoms with Gasteiger partial charge in [0, 0.05) is 31.7 Å². The van der Waals surface area contributed by atoms with E-state index in [1.165, 1.54) is 18.4 Å². The van der Waals surface area contributed by atoms with Crippen LogP contribution in [0.25, 0.3) is 0 Å². The molecule has 7 heteroatoms. The van der Waals surface area contributed by atoms with Crippen LogP contribution in [0.3, 0.4) is 0 Å². The van der Waals surface area contributed by atoms with Gasteiger partial charge in [0.15, 0.2) is 0 Å². The van der Waals surface area contributed by atoms with Crippen molar-refractivity contribution in [3.05, 3.63) is 34.3 Å². The predicted octanol–water partition coefficient (Wildman–Crippen LogP) is 2.21. The Balaban J connectivity index is 1.14. The molecule has 29 heavy (non-hydrogen) atoms. The minimum absolute atomic E-state index is 0.0165. The molecule has 4 fully saturated rings. The monoisotopic (exact) mass is 413 g/mol. The molecule has 3 heterocycles. The van der Waals surface area contributed by atoms with Crippen LogP contribution in [0.15, 0.2) is 18.2 Å². The van der Waals surface area contributed by atoms with Gasteiger partial charge in [0.2, 0.25) is 5.91 Å². The van der Waals surface area contributed by atoms with Gasteiger partial charge < -0.3 is 19.9 Å². The average Bonchev–Trinajstić information content (AvgIpc) is 3.52. The number of carbonyl (C=O) groups excluding carboxylic acids is 2. The molecule has 3 amide bonds. The summed E-state index contributed by atoms with van der Waals surface area (Å²) in [6, 6.07) is 6.09. The Morgan fingerprint density at radius 2 is 2.00 bits per heavy atom. The van der Waals surface area contributed by atoms with Crippen LogP contribution in [-0.2, 0) is 9.53 Å². The van der Waals surface area contributed by atoms with Crippen molar-refractivity contribution in [2.75, 3.05) is 32.8 Å². The summed E-state index contributed by atoms with van der Waals surface area (Å²) in [7, 11) is 0. The molecule has 0 aromatic heterocycles. The lowest BCUT2D eigenvalue weighted by Crippen LogP contribution is -2.64. The normalized spacial score (nSPS) is 26.7. The zero-order valence-corrected chi connectivity index (χ0v) is 17.0. The highest BCUT2D eigenvalue weighted by molar-refractivity contribution is 6.31. The number of nitrogens with one attached hydrogen (secondary N) is 1. The van der Waals surface area contributed by atoms with Gasteiger partial charge in [0.05, 0.1) is 23.1 Å². The van der Waals surface area contributed by atoms with E-state index in [-0.39, 0.29) is 36.6 Å². The Labute approximate surface area is 175 Å². The first-order valence-electron chi connectivity index (χ1n) is 10.3. The maximum Gasteiger partial charge on any atom is 0.320 e. The number of likely N-dealkylation sites (tertiary alicyclic amines) is 2. The average molecular weight is 414 g/mol. The predicted molar refractivity (Wildman–Crippen MR) is 109 cm³/mol. The standard InChI is InChI=1S/C22H24ClN3O3/c23-18-9-17(15-3-4-15)6-5-16(18)2-1-14-10-26(11-14)22(28)25-8-7-20-19(12-25)24-21(27)13-29-20/h5-6,9,14-15,19-20H,3-4,7-8,10-13H2,(H,24,27)/t19-,20+/m1/s1. The van der Waals surface area contributed by atoms with Crippen molar-refractivity contribution in [3.8, 4) is 11.8 Å². The lowest BCUT2D eigenvalue weighted by Gasteiger charge is -2.45. The fourth-order valence-corrected chi connectivity index (χ4v) is 4.52. The van der Waals surface area contributed by atoms with Gasteiger partial charge in [0.25, 0.3) is 0 Å². The molecule has 5 rings (SSSR count). The van der Waals surface area contributed by atoms with Gasteiger partial charge in [-0.05, 0) is 42.9 Å². The van der Waals surface area contributed by atoms with Crippen molar-refractivity contribution in [2.24, 2.45) is 5.92 Å². The van der Waals surface area contributed by atoms with Gasteiger partial charge in [-0.2, -0.15) is 0 Å². The molecule has 4 aliphatic rings. The second-order valence-electron chi connectivity index (χ2n) is 8.43. The maximum absolute atomic E-state index is 12.7. The minimum Gasteiger partial charge on any atom is -0.366 e. The highest BCUT2D eigenvalue weighted by Crippen LogP contribution is 2.41. The van der Waals surface area contributed by atoms with E-state index in [9.17, 15) is 9.59 Å². The number of piperidine rings is 1. The van der Waals surface area contributed by atoms with Crippen LogP contribution in [0.1, 0.15) is 36.3 Å². The highest BCUT2D eigenvalue weighted by atomic mass is 35.5. The van der Waals surface area contributed by atoms with Gasteiger partial charge in [-0.1, -0.05) is 29.5 Å². The van der Waals surface area contributed by atoms with Crippen molar-refractivity contribution in [2.45, 2.75) is 37.3 Å². The summed E-state index contributed by atoms with van der Waals surface area (Å²) < 4.78 is 5.55. The van der Waals surface area contributed by atoms with Gasteiger partial charge in [0.1, 0.15) is 6.61 Å². The van der Waals surface area contributed by atoms with E-state index in [1.54, 1.807) is 0 Å². The highest BCUT2D eigenvalue weighted by Gasteiger charge is 2.39. The van der Waals surface area contributed by atoms with Crippen LogP contribution in [0, 0.1) is 17.8 Å².